The number of carboxylic acid groups (broad SMARTS) is 1. The molecule has 0 radical (unpaired) electrons. The summed E-state index contributed by atoms with van der Waals surface area (Å²) in [5, 5.41) is 14.9. The van der Waals surface area contributed by atoms with Crippen molar-refractivity contribution in [1.82, 2.24) is 10.6 Å². The van der Waals surface area contributed by atoms with Crippen molar-refractivity contribution >= 4 is 12.0 Å². The highest BCUT2D eigenvalue weighted by molar-refractivity contribution is 5.82. The zero-order chi connectivity index (χ0) is 15.2. The molecule has 0 aromatic heterocycles. The first-order valence-corrected chi connectivity index (χ1v) is 8.35. The van der Waals surface area contributed by atoms with Crippen LogP contribution in [0.2, 0.25) is 0 Å². The first-order chi connectivity index (χ1) is 10.1. The van der Waals surface area contributed by atoms with Crippen LogP contribution in [0.5, 0.6) is 0 Å². The molecule has 0 aliphatic heterocycles. The van der Waals surface area contributed by atoms with Crippen LogP contribution in [-0.2, 0) is 4.79 Å². The van der Waals surface area contributed by atoms with Crippen molar-refractivity contribution in [2.24, 2.45) is 17.8 Å². The number of carbonyl (C=O) groups excluding carboxylic acids is 1. The van der Waals surface area contributed by atoms with Gasteiger partial charge >= 0.3 is 12.0 Å². The third-order valence-electron chi connectivity index (χ3n) is 5.24. The number of rotatable bonds is 5. The Morgan fingerprint density at radius 2 is 1.81 bits per heavy atom. The fourth-order valence-electron chi connectivity index (χ4n) is 3.79. The van der Waals surface area contributed by atoms with Crippen molar-refractivity contribution < 1.29 is 14.7 Å². The van der Waals surface area contributed by atoms with E-state index in [1.165, 1.54) is 19.3 Å². The second kappa shape index (κ2) is 7.66. The minimum atomic E-state index is -0.911. The molecule has 120 valence electrons. The molecule has 5 heteroatoms. The number of carbonyl (C=O) groups is 2. The van der Waals surface area contributed by atoms with Crippen LogP contribution in [0.4, 0.5) is 4.79 Å². The summed E-state index contributed by atoms with van der Waals surface area (Å²) >= 11 is 0. The minimum Gasteiger partial charge on any atom is -0.480 e. The Balaban J connectivity index is 1.79. The van der Waals surface area contributed by atoms with Gasteiger partial charge in [-0.1, -0.05) is 39.0 Å². The van der Waals surface area contributed by atoms with Crippen LogP contribution in [0.1, 0.15) is 58.3 Å². The predicted octanol–water partition coefficient (Wildman–Crippen LogP) is 2.76. The quantitative estimate of drug-likeness (QED) is 0.730. The number of carboxylic acids is 1. The van der Waals surface area contributed by atoms with Gasteiger partial charge in [-0.3, -0.25) is 0 Å². The van der Waals surface area contributed by atoms with Crippen molar-refractivity contribution in [3.05, 3.63) is 0 Å². The van der Waals surface area contributed by atoms with Gasteiger partial charge in [0, 0.05) is 6.54 Å². The molecular formula is C16H28N2O3. The molecule has 0 spiro atoms. The molecule has 0 heterocycles. The first-order valence-electron chi connectivity index (χ1n) is 8.35. The topological polar surface area (TPSA) is 78.4 Å². The highest BCUT2D eigenvalue weighted by Gasteiger charge is 2.31. The van der Waals surface area contributed by atoms with E-state index in [-0.39, 0.29) is 11.9 Å². The number of nitrogens with one attached hydrogen (secondary N) is 2. The Bertz CT molecular complexity index is 367. The van der Waals surface area contributed by atoms with Gasteiger partial charge in [0.15, 0.2) is 0 Å². The van der Waals surface area contributed by atoms with Gasteiger partial charge in [0.25, 0.3) is 0 Å². The molecule has 2 fully saturated rings. The SMILES string of the molecule is CC1CCCC1CNC(=O)NC(C(=O)O)C1CCCCC1. The largest absolute Gasteiger partial charge is 0.480 e. The molecule has 5 nitrogen and oxygen atoms in total. The molecular weight excluding hydrogens is 268 g/mol. The summed E-state index contributed by atoms with van der Waals surface area (Å²) in [5.41, 5.74) is 0. The monoisotopic (exact) mass is 296 g/mol. The van der Waals surface area contributed by atoms with Crippen molar-refractivity contribution in [2.45, 2.75) is 64.3 Å². The lowest BCUT2D eigenvalue weighted by Gasteiger charge is -2.28. The average molecular weight is 296 g/mol. The van der Waals surface area contributed by atoms with Gasteiger partial charge in [-0.2, -0.15) is 0 Å². The minimum absolute atomic E-state index is 0.0763. The van der Waals surface area contributed by atoms with E-state index in [0.717, 1.165) is 32.1 Å². The van der Waals surface area contributed by atoms with E-state index in [9.17, 15) is 14.7 Å². The molecule has 2 amide bonds. The maximum Gasteiger partial charge on any atom is 0.326 e. The Kier molecular flexibility index (Phi) is 5.88. The van der Waals surface area contributed by atoms with E-state index >= 15 is 0 Å². The summed E-state index contributed by atoms with van der Waals surface area (Å²) in [4.78, 5) is 23.4. The summed E-state index contributed by atoms with van der Waals surface area (Å²) < 4.78 is 0. The van der Waals surface area contributed by atoms with E-state index in [1.54, 1.807) is 0 Å². The fraction of sp³-hybridized carbons (Fsp3) is 0.875. The summed E-state index contributed by atoms with van der Waals surface area (Å²) in [6, 6.07) is -1.07. The molecule has 3 atom stereocenters. The number of urea groups is 1. The molecule has 2 aliphatic carbocycles. The van der Waals surface area contributed by atoms with E-state index in [2.05, 4.69) is 17.6 Å². The van der Waals surface area contributed by atoms with Gasteiger partial charge in [-0.15, -0.1) is 0 Å². The van der Waals surface area contributed by atoms with Gasteiger partial charge < -0.3 is 15.7 Å². The van der Waals surface area contributed by atoms with Crippen LogP contribution in [-0.4, -0.2) is 29.7 Å². The lowest BCUT2D eigenvalue weighted by molar-refractivity contribution is -0.141. The van der Waals surface area contributed by atoms with Crippen molar-refractivity contribution in [2.75, 3.05) is 6.54 Å². The van der Waals surface area contributed by atoms with E-state index in [1.807, 2.05) is 0 Å². The summed E-state index contributed by atoms with van der Waals surface area (Å²) in [7, 11) is 0. The highest BCUT2D eigenvalue weighted by atomic mass is 16.4. The van der Waals surface area contributed by atoms with Gasteiger partial charge in [0.2, 0.25) is 0 Å². The number of hydrogen-bond donors (Lipinski definition) is 3. The van der Waals surface area contributed by atoms with Crippen LogP contribution in [0.15, 0.2) is 0 Å². The Morgan fingerprint density at radius 3 is 2.38 bits per heavy atom. The van der Waals surface area contributed by atoms with Crippen LogP contribution < -0.4 is 10.6 Å². The number of aliphatic carboxylic acids is 1. The second-order valence-electron chi connectivity index (χ2n) is 6.74. The highest BCUT2D eigenvalue weighted by Crippen LogP contribution is 2.30. The molecule has 21 heavy (non-hydrogen) atoms. The maximum absolute atomic E-state index is 12.0. The smallest absolute Gasteiger partial charge is 0.326 e. The lowest BCUT2D eigenvalue weighted by Crippen LogP contribution is -2.50. The van der Waals surface area contributed by atoms with Gasteiger partial charge in [-0.05, 0) is 37.0 Å². The van der Waals surface area contributed by atoms with Crippen LogP contribution in [0.3, 0.4) is 0 Å². The molecule has 2 saturated carbocycles. The Morgan fingerprint density at radius 1 is 1.10 bits per heavy atom. The average Bonchev–Trinajstić information content (AvgIpc) is 2.88. The zero-order valence-electron chi connectivity index (χ0n) is 12.9. The zero-order valence-corrected chi connectivity index (χ0v) is 12.9. The third-order valence-corrected chi connectivity index (χ3v) is 5.24. The van der Waals surface area contributed by atoms with Gasteiger partial charge in [-0.25, -0.2) is 9.59 Å². The Labute approximate surface area is 126 Å². The Hall–Kier alpha value is -1.26. The van der Waals surface area contributed by atoms with Crippen LogP contribution in [0.25, 0.3) is 0 Å². The maximum atomic E-state index is 12.0. The van der Waals surface area contributed by atoms with Crippen molar-refractivity contribution in [3.8, 4) is 0 Å². The normalized spacial score (nSPS) is 28.0. The number of amides is 2. The van der Waals surface area contributed by atoms with Crippen molar-refractivity contribution in [3.63, 3.8) is 0 Å². The summed E-state index contributed by atoms with van der Waals surface area (Å²) in [5.74, 6) is 0.353. The molecule has 0 aromatic rings. The van der Waals surface area contributed by atoms with Gasteiger partial charge in [0.1, 0.15) is 6.04 Å². The molecule has 3 unspecified atom stereocenters. The van der Waals surface area contributed by atoms with E-state index in [4.69, 9.17) is 0 Å². The van der Waals surface area contributed by atoms with Gasteiger partial charge in [0.05, 0.1) is 0 Å². The predicted molar refractivity (Wildman–Crippen MR) is 81.0 cm³/mol. The fourth-order valence-corrected chi connectivity index (χ4v) is 3.79. The van der Waals surface area contributed by atoms with E-state index in [0.29, 0.717) is 18.4 Å². The summed E-state index contributed by atoms with van der Waals surface area (Å²) in [6.07, 6.45) is 8.73. The third kappa shape index (κ3) is 4.61. The molecule has 2 aliphatic rings. The standard InChI is InChI=1S/C16H28N2O3/c1-11-6-5-9-13(11)10-17-16(21)18-14(15(19)20)12-7-3-2-4-8-12/h11-14H,2-10H2,1H3,(H,19,20)(H2,17,18,21). The first kappa shape index (κ1) is 16.1. The molecule has 3 N–H and O–H groups in total. The molecule has 0 saturated heterocycles. The van der Waals surface area contributed by atoms with E-state index < -0.39 is 12.0 Å². The van der Waals surface area contributed by atoms with Crippen molar-refractivity contribution in [1.29, 1.82) is 0 Å². The molecule has 2 rings (SSSR count). The second-order valence-corrected chi connectivity index (χ2v) is 6.74. The van der Waals surface area contributed by atoms with Crippen LogP contribution >= 0.6 is 0 Å². The number of hydrogen-bond acceptors (Lipinski definition) is 2. The lowest BCUT2D eigenvalue weighted by atomic mass is 9.84. The van der Waals surface area contributed by atoms with Crippen LogP contribution in [0, 0.1) is 17.8 Å². The summed E-state index contributed by atoms with van der Waals surface area (Å²) in [6.45, 7) is 2.88. The molecule has 0 bridgehead atoms. The molecule has 0 aromatic carbocycles.